The van der Waals surface area contributed by atoms with Gasteiger partial charge in [-0.1, -0.05) is 0 Å². The average molecular weight is 482 g/mol. The second-order valence-corrected chi connectivity index (χ2v) is 8.44. The van der Waals surface area contributed by atoms with Gasteiger partial charge in [0.1, 0.15) is 11.8 Å². The Labute approximate surface area is 193 Å². The Morgan fingerprint density at radius 2 is 1.82 bits per heavy atom. The first-order chi connectivity index (χ1) is 16.4. The van der Waals surface area contributed by atoms with E-state index in [0.29, 0.717) is 58.2 Å². The van der Waals surface area contributed by atoms with Gasteiger partial charge in [0.2, 0.25) is 0 Å². The van der Waals surface area contributed by atoms with Crippen LogP contribution in [0.3, 0.4) is 0 Å². The molecular weight excluding hydrogens is 457 g/mol. The van der Waals surface area contributed by atoms with E-state index >= 15 is 0 Å². The number of hydrogen-bond donors (Lipinski definition) is 1. The molecule has 2 saturated heterocycles. The van der Waals surface area contributed by atoms with E-state index in [0.717, 1.165) is 6.07 Å². The van der Waals surface area contributed by atoms with E-state index in [1.165, 1.54) is 0 Å². The Morgan fingerprint density at radius 1 is 1.09 bits per heavy atom. The lowest BCUT2D eigenvalue weighted by atomic mass is 9.90. The summed E-state index contributed by atoms with van der Waals surface area (Å²) in [7, 11) is 0. The SMILES string of the molecule is O=C(NC[C@H]1COCCO1)c1cc(C(F)(F)F)c2c(n1)CCc1cn(C[C@H]3COCCO3)nc1-2. The molecule has 2 atom stereocenters. The minimum atomic E-state index is -4.68. The normalized spacial score (nSPS) is 22.7. The quantitative estimate of drug-likeness (QED) is 0.692. The number of halogens is 3. The molecule has 1 aliphatic carbocycles. The Bertz CT molecular complexity index is 1050. The summed E-state index contributed by atoms with van der Waals surface area (Å²) >= 11 is 0. The van der Waals surface area contributed by atoms with Gasteiger partial charge in [-0.15, -0.1) is 0 Å². The molecule has 12 heteroatoms. The number of amides is 1. The molecule has 0 radical (unpaired) electrons. The molecule has 34 heavy (non-hydrogen) atoms. The molecule has 0 saturated carbocycles. The number of aromatic nitrogens is 3. The maximum Gasteiger partial charge on any atom is 0.417 e. The van der Waals surface area contributed by atoms with Crippen LogP contribution in [-0.2, 0) is 44.5 Å². The summed E-state index contributed by atoms with van der Waals surface area (Å²) in [6, 6.07) is 0.804. The molecule has 3 aliphatic rings. The van der Waals surface area contributed by atoms with Gasteiger partial charge < -0.3 is 24.3 Å². The lowest BCUT2D eigenvalue weighted by Gasteiger charge is -2.23. The maximum atomic E-state index is 14.1. The molecule has 2 aromatic rings. The molecule has 2 aliphatic heterocycles. The number of carbonyl (C=O) groups excluding carboxylic acids is 1. The lowest BCUT2D eigenvalue weighted by molar-refractivity contribution is -0.137. The third-order valence-corrected chi connectivity index (χ3v) is 5.99. The van der Waals surface area contributed by atoms with Gasteiger partial charge >= 0.3 is 6.18 Å². The van der Waals surface area contributed by atoms with Crippen molar-refractivity contribution < 1.29 is 36.9 Å². The van der Waals surface area contributed by atoms with Crippen LogP contribution in [0.2, 0.25) is 0 Å². The van der Waals surface area contributed by atoms with E-state index in [9.17, 15) is 18.0 Å². The van der Waals surface area contributed by atoms with Gasteiger partial charge in [-0.25, -0.2) is 4.98 Å². The Balaban J connectivity index is 1.41. The largest absolute Gasteiger partial charge is 0.417 e. The van der Waals surface area contributed by atoms with Gasteiger partial charge in [-0.3, -0.25) is 9.48 Å². The van der Waals surface area contributed by atoms with Crippen LogP contribution in [0.1, 0.15) is 27.3 Å². The fourth-order valence-electron chi connectivity index (χ4n) is 4.39. The fourth-order valence-corrected chi connectivity index (χ4v) is 4.39. The summed E-state index contributed by atoms with van der Waals surface area (Å²) < 4.78 is 65.7. The van der Waals surface area contributed by atoms with E-state index in [4.69, 9.17) is 18.9 Å². The number of ether oxygens (including phenoxy) is 4. The number of aryl methyl sites for hydroxylation is 2. The molecule has 0 unspecified atom stereocenters. The molecule has 2 aromatic heterocycles. The number of hydrogen-bond acceptors (Lipinski definition) is 7. The molecule has 1 amide bonds. The molecule has 0 aromatic carbocycles. The van der Waals surface area contributed by atoms with Crippen molar-refractivity contribution in [3.8, 4) is 11.3 Å². The van der Waals surface area contributed by atoms with E-state index in [1.54, 1.807) is 10.9 Å². The van der Waals surface area contributed by atoms with Crippen molar-refractivity contribution in [3.05, 3.63) is 34.8 Å². The summed E-state index contributed by atoms with van der Waals surface area (Å²) in [6.07, 6.45) is -2.72. The standard InChI is InChI=1S/C22H25F3N4O5/c23-22(24,25)16-7-18(21(30)26-8-14-11-31-3-5-33-14)27-17-2-1-13-9-29(28-20(13)19(16)17)10-15-12-32-4-6-34-15/h7,9,14-15H,1-6,8,10-12H2,(H,26,30)/t14-,15-/m0/s1. The van der Waals surface area contributed by atoms with Crippen molar-refractivity contribution in [2.45, 2.75) is 37.8 Å². The van der Waals surface area contributed by atoms with Crippen molar-refractivity contribution in [2.24, 2.45) is 0 Å². The zero-order valence-corrected chi connectivity index (χ0v) is 18.4. The van der Waals surface area contributed by atoms with E-state index in [1.807, 2.05) is 0 Å². The highest BCUT2D eigenvalue weighted by atomic mass is 19.4. The number of carbonyl (C=O) groups is 1. The summed E-state index contributed by atoms with van der Waals surface area (Å²) in [5, 5.41) is 7.05. The van der Waals surface area contributed by atoms with Crippen LogP contribution in [0.25, 0.3) is 11.3 Å². The molecule has 184 valence electrons. The first-order valence-corrected chi connectivity index (χ1v) is 11.2. The number of nitrogens with one attached hydrogen (secondary N) is 1. The molecule has 0 spiro atoms. The van der Waals surface area contributed by atoms with Gasteiger partial charge in [0, 0.05) is 18.3 Å². The van der Waals surface area contributed by atoms with E-state index < -0.39 is 17.6 Å². The van der Waals surface area contributed by atoms with Crippen LogP contribution >= 0.6 is 0 Å². The molecule has 5 rings (SSSR count). The average Bonchev–Trinajstić information content (AvgIpc) is 3.25. The zero-order valence-electron chi connectivity index (χ0n) is 18.4. The van der Waals surface area contributed by atoms with Gasteiger partial charge in [0.25, 0.3) is 5.91 Å². The zero-order chi connectivity index (χ0) is 23.7. The van der Waals surface area contributed by atoms with Crippen LogP contribution < -0.4 is 5.32 Å². The van der Waals surface area contributed by atoms with E-state index in [-0.39, 0.29) is 47.8 Å². The predicted molar refractivity (Wildman–Crippen MR) is 111 cm³/mol. The molecule has 0 bridgehead atoms. The third kappa shape index (κ3) is 4.95. The number of pyridine rings is 1. The summed E-state index contributed by atoms with van der Waals surface area (Å²) in [4.78, 5) is 16.9. The third-order valence-electron chi connectivity index (χ3n) is 5.99. The van der Waals surface area contributed by atoms with Crippen molar-refractivity contribution in [2.75, 3.05) is 46.2 Å². The monoisotopic (exact) mass is 482 g/mol. The molecule has 9 nitrogen and oxygen atoms in total. The summed E-state index contributed by atoms with van der Waals surface area (Å²) in [6.45, 7) is 3.11. The summed E-state index contributed by atoms with van der Waals surface area (Å²) in [5.74, 6) is -0.687. The number of nitrogens with zero attached hydrogens (tertiary/aromatic N) is 3. The van der Waals surface area contributed by atoms with Crippen molar-refractivity contribution >= 4 is 5.91 Å². The minimum absolute atomic E-state index is 0.0612. The second kappa shape index (κ2) is 9.61. The first-order valence-electron chi connectivity index (χ1n) is 11.2. The Kier molecular flexibility index (Phi) is 6.56. The highest BCUT2D eigenvalue weighted by Crippen LogP contribution is 2.42. The highest BCUT2D eigenvalue weighted by molar-refractivity contribution is 5.93. The van der Waals surface area contributed by atoms with Gasteiger partial charge in [-0.05, 0) is 24.5 Å². The van der Waals surface area contributed by atoms with Gasteiger partial charge in [0.05, 0.1) is 69.2 Å². The van der Waals surface area contributed by atoms with E-state index in [2.05, 4.69) is 15.4 Å². The van der Waals surface area contributed by atoms with Crippen LogP contribution in [0, 0.1) is 0 Å². The topological polar surface area (TPSA) is 96.7 Å². The lowest BCUT2D eigenvalue weighted by Crippen LogP contribution is -2.40. The molecule has 2 fully saturated rings. The minimum Gasteiger partial charge on any atom is -0.376 e. The van der Waals surface area contributed by atoms with Crippen molar-refractivity contribution in [3.63, 3.8) is 0 Å². The number of fused-ring (bicyclic) bond motifs is 3. The summed E-state index contributed by atoms with van der Waals surface area (Å²) in [5.41, 5.74) is -0.0800. The smallest absolute Gasteiger partial charge is 0.376 e. The van der Waals surface area contributed by atoms with Crippen molar-refractivity contribution in [1.82, 2.24) is 20.1 Å². The van der Waals surface area contributed by atoms with Crippen LogP contribution in [0.5, 0.6) is 0 Å². The predicted octanol–water partition coefficient (Wildman–Crippen LogP) is 1.62. The second-order valence-electron chi connectivity index (χ2n) is 8.44. The van der Waals surface area contributed by atoms with Crippen LogP contribution in [-0.4, -0.2) is 79.1 Å². The molecular formula is C22H25F3N4O5. The van der Waals surface area contributed by atoms with Crippen LogP contribution in [0.15, 0.2) is 12.3 Å². The highest BCUT2D eigenvalue weighted by Gasteiger charge is 2.39. The molecule has 1 N–H and O–H groups in total. The number of alkyl halides is 3. The maximum absolute atomic E-state index is 14.1. The van der Waals surface area contributed by atoms with Gasteiger partial charge in [-0.2, -0.15) is 18.3 Å². The fraction of sp³-hybridized carbons (Fsp3) is 0.591. The van der Waals surface area contributed by atoms with Crippen molar-refractivity contribution in [1.29, 1.82) is 0 Å². The Morgan fingerprint density at radius 3 is 2.50 bits per heavy atom. The van der Waals surface area contributed by atoms with Crippen LogP contribution in [0.4, 0.5) is 13.2 Å². The van der Waals surface area contributed by atoms with Gasteiger partial charge in [0.15, 0.2) is 0 Å². The number of rotatable bonds is 5. The first kappa shape index (κ1) is 23.2. The Hall–Kier alpha value is -2.54. The molecule has 4 heterocycles.